The zero-order valence-corrected chi connectivity index (χ0v) is 11.2. The second-order valence-corrected chi connectivity index (χ2v) is 5.76. The summed E-state index contributed by atoms with van der Waals surface area (Å²) in [6.45, 7) is 1.72. The second kappa shape index (κ2) is 4.46. The summed E-state index contributed by atoms with van der Waals surface area (Å²) in [6, 6.07) is 4.68. The van der Waals surface area contributed by atoms with E-state index in [-0.39, 0.29) is 5.03 Å². The Morgan fingerprint density at radius 2 is 2.12 bits per heavy atom. The molecule has 0 bridgehead atoms. The van der Waals surface area contributed by atoms with Gasteiger partial charge in [-0.05, 0) is 41.1 Å². The largest absolute Gasteiger partial charge is 0.278 e. The highest BCUT2D eigenvalue weighted by atomic mass is 79.9. The van der Waals surface area contributed by atoms with Crippen molar-refractivity contribution in [3.8, 4) is 0 Å². The highest BCUT2D eigenvalue weighted by molar-refractivity contribution is 9.10. The van der Waals surface area contributed by atoms with E-state index in [0.717, 1.165) is 0 Å². The minimum atomic E-state index is -3.63. The number of H-pyrrole nitrogens is 1. The second-order valence-electron chi connectivity index (χ2n) is 3.29. The number of hydrogen-bond donors (Lipinski definition) is 2. The molecule has 0 aliphatic heterocycles. The molecule has 17 heavy (non-hydrogen) atoms. The quantitative estimate of drug-likeness (QED) is 0.843. The minimum Gasteiger partial charge on any atom is -0.277 e. The molecule has 2 rings (SSSR count). The Bertz CT molecular complexity index is 624. The van der Waals surface area contributed by atoms with Crippen molar-refractivity contribution in [1.82, 2.24) is 15.2 Å². The fraction of sp³-hybridized carbons (Fsp3) is 0.111. The first-order valence-electron chi connectivity index (χ1n) is 4.64. The van der Waals surface area contributed by atoms with Crippen LogP contribution < -0.4 is 4.72 Å². The fourth-order valence-electron chi connectivity index (χ4n) is 1.23. The van der Waals surface area contributed by atoms with Crippen molar-refractivity contribution in [2.75, 3.05) is 4.72 Å². The lowest BCUT2D eigenvalue weighted by atomic mass is 10.3. The van der Waals surface area contributed by atoms with Gasteiger partial charge in [0.05, 0.1) is 17.6 Å². The Kier molecular flexibility index (Phi) is 3.16. The minimum absolute atomic E-state index is 0.0137. The van der Waals surface area contributed by atoms with Crippen LogP contribution in [0, 0.1) is 6.92 Å². The van der Waals surface area contributed by atoms with Crippen LogP contribution in [0.1, 0.15) is 5.69 Å². The van der Waals surface area contributed by atoms with Gasteiger partial charge in [0, 0.05) is 0 Å². The van der Waals surface area contributed by atoms with Gasteiger partial charge in [-0.1, -0.05) is 0 Å². The van der Waals surface area contributed by atoms with E-state index in [9.17, 15) is 8.42 Å². The van der Waals surface area contributed by atoms with Crippen LogP contribution in [0.3, 0.4) is 0 Å². The first kappa shape index (κ1) is 12.1. The smallest absolute Gasteiger partial charge is 0.277 e. The van der Waals surface area contributed by atoms with Crippen LogP contribution >= 0.6 is 15.9 Å². The summed E-state index contributed by atoms with van der Waals surface area (Å²) in [6.07, 6.45) is 1.38. The summed E-state index contributed by atoms with van der Waals surface area (Å²) >= 11 is 3.21. The van der Waals surface area contributed by atoms with Crippen LogP contribution in [0.2, 0.25) is 0 Å². The molecule has 0 radical (unpaired) electrons. The summed E-state index contributed by atoms with van der Waals surface area (Å²) < 4.78 is 26.8. The molecule has 90 valence electrons. The average Bonchev–Trinajstić information content (AvgIpc) is 2.76. The standard InChI is InChI=1S/C9H9BrN4O2S/c1-6-7(2-3-8(10)12-6)14-17(15,16)9-4-5-11-13-9/h2-5,14H,1H3,(H,11,13). The van der Waals surface area contributed by atoms with Crippen LogP contribution in [0.25, 0.3) is 0 Å². The van der Waals surface area contributed by atoms with Gasteiger partial charge in [-0.3, -0.25) is 9.82 Å². The van der Waals surface area contributed by atoms with Gasteiger partial charge < -0.3 is 0 Å². The topological polar surface area (TPSA) is 87.7 Å². The van der Waals surface area contributed by atoms with Gasteiger partial charge in [0.25, 0.3) is 10.0 Å². The molecule has 0 saturated heterocycles. The predicted molar refractivity (Wildman–Crippen MR) is 66.1 cm³/mol. The molecule has 2 N–H and O–H groups in total. The summed E-state index contributed by atoms with van der Waals surface area (Å²) in [5.41, 5.74) is 1.02. The maximum atomic E-state index is 11.9. The molecular weight excluding hydrogens is 308 g/mol. The molecule has 0 unspecified atom stereocenters. The van der Waals surface area contributed by atoms with Crippen molar-refractivity contribution in [3.63, 3.8) is 0 Å². The lowest BCUT2D eigenvalue weighted by Gasteiger charge is -2.08. The van der Waals surface area contributed by atoms with Crippen LogP contribution in [0.4, 0.5) is 5.69 Å². The average molecular weight is 317 g/mol. The molecule has 6 nitrogen and oxygen atoms in total. The summed E-state index contributed by atoms with van der Waals surface area (Å²) in [5.74, 6) is 0. The Morgan fingerprint density at radius 3 is 2.71 bits per heavy atom. The third kappa shape index (κ3) is 2.64. The maximum Gasteiger partial charge on any atom is 0.278 e. The summed E-state index contributed by atoms with van der Waals surface area (Å²) in [4.78, 5) is 4.10. The van der Waals surface area contributed by atoms with Gasteiger partial charge >= 0.3 is 0 Å². The predicted octanol–water partition coefficient (Wildman–Crippen LogP) is 1.68. The zero-order chi connectivity index (χ0) is 12.5. The Balaban J connectivity index is 2.33. The molecular formula is C9H9BrN4O2S. The molecule has 2 aromatic rings. The number of sulfonamides is 1. The van der Waals surface area contributed by atoms with E-state index in [2.05, 4.69) is 35.8 Å². The number of nitrogens with one attached hydrogen (secondary N) is 2. The van der Waals surface area contributed by atoms with Crippen molar-refractivity contribution < 1.29 is 8.42 Å². The van der Waals surface area contributed by atoms with Gasteiger partial charge in [-0.25, -0.2) is 4.98 Å². The number of hydrogen-bond acceptors (Lipinski definition) is 4. The number of aryl methyl sites for hydroxylation is 1. The number of anilines is 1. The lowest BCUT2D eigenvalue weighted by Crippen LogP contribution is -2.14. The molecule has 0 amide bonds. The molecule has 0 fully saturated rings. The third-order valence-corrected chi connectivity index (χ3v) is 3.80. The molecule has 2 heterocycles. The fourth-order valence-corrected chi connectivity index (χ4v) is 2.66. The van der Waals surface area contributed by atoms with Crippen molar-refractivity contribution >= 4 is 31.6 Å². The number of nitrogens with zero attached hydrogens (tertiary/aromatic N) is 2. The van der Waals surface area contributed by atoms with E-state index in [1.165, 1.54) is 12.3 Å². The van der Waals surface area contributed by atoms with Crippen LogP contribution in [-0.4, -0.2) is 23.6 Å². The van der Waals surface area contributed by atoms with Crippen molar-refractivity contribution in [3.05, 3.63) is 34.7 Å². The number of pyridine rings is 1. The summed E-state index contributed by atoms with van der Waals surface area (Å²) in [5, 5.41) is 6.01. The van der Waals surface area contributed by atoms with Gasteiger partial charge in [-0.15, -0.1) is 0 Å². The van der Waals surface area contributed by atoms with E-state index >= 15 is 0 Å². The molecule has 0 spiro atoms. The highest BCUT2D eigenvalue weighted by Crippen LogP contribution is 2.19. The van der Waals surface area contributed by atoms with E-state index < -0.39 is 10.0 Å². The first-order chi connectivity index (χ1) is 7.99. The van der Waals surface area contributed by atoms with Crippen molar-refractivity contribution in [2.45, 2.75) is 11.9 Å². The maximum absolute atomic E-state index is 11.9. The summed E-state index contributed by atoms with van der Waals surface area (Å²) in [7, 11) is -3.63. The number of rotatable bonds is 3. The molecule has 0 aromatic carbocycles. The van der Waals surface area contributed by atoms with Crippen molar-refractivity contribution in [1.29, 1.82) is 0 Å². The molecule has 8 heteroatoms. The number of aromatic amines is 1. The van der Waals surface area contributed by atoms with E-state index in [1.54, 1.807) is 19.1 Å². The molecule has 2 aromatic heterocycles. The Hall–Kier alpha value is -1.41. The normalized spacial score (nSPS) is 11.4. The van der Waals surface area contributed by atoms with Gasteiger partial charge in [0.2, 0.25) is 0 Å². The number of halogens is 1. The van der Waals surface area contributed by atoms with E-state index in [4.69, 9.17) is 0 Å². The zero-order valence-electron chi connectivity index (χ0n) is 8.81. The first-order valence-corrected chi connectivity index (χ1v) is 6.92. The molecule has 0 aliphatic carbocycles. The Morgan fingerprint density at radius 1 is 1.35 bits per heavy atom. The van der Waals surface area contributed by atoms with Crippen LogP contribution in [-0.2, 0) is 10.0 Å². The lowest BCUT2D eigenvalue weighted by molar-refractivity contribution is 0.597. The van der Waals surface area contributed by atoms with Gasteiger partial charge in [0.15, 0.2) is 5.03 Å². The molecule has 0 atom stereocenters. The molecule has 0 saturated carbocycles. The van der Waals surface area contributed by atoms with Gasteiger partial charge in [0.1, 0.15) is 4.60 Å². The Labute approximate surface area is 107 Å². The van der Waals surface area contributed by atoms with Gasteiger partial charge in [-0.2, -0.15) is 13.5 Å². The number of aromatic nitrogens is 3. The highest BCUT2D eigenvalue weighted by Gasteiger charge is 2.16. The van der Waals surface area contributed by atoms with Crippen LogP contribution in [0.15, 0.2) is 34.0 Å². The van der Waals surface area contributed by atoms with E-state index in [0.29, 0.717) is 16.0 Å². The third-order valence-electron chi connectivity index (χ3n) is 2.06. The van der Waals surface area contributed by atoms with E-state index in [1.807, 2.05) is 0 Å². The SMILES string of the molecule is Cc1nc(Br)ccc1NS(=O)(=O)c1ccn[nH]1. The monoisotopic (exact) mass is 316 g/mol. The molecule has 0 aliphatic rings. The van der Waals surface area contributed by atoms with Crippen LogP contribution in [0.5, 0.6) is 0 Å². The van der Waals surface area contributed by atoms with Crippen molar-refractivity contribution in [2.24, 2.45) is 0 Å².